The molecule has 0 aromatic rings. The molecule has 0 aromatic heterocycles. The minimum atomic E-state index is -3.98. The molecule has 0 spiro atoms. The summed E-state index contributed by atoms with van der Waals surface area (Å²) >= 11 is 0. The first-order valence-electron chi connectivity index (χ1n) is 4.84. The van der Waals surface area contributed by atoms with Crippen molar-refractivity contribution < 1.29 is 13.2 Å². The SMILES string of the molecule is FC(F)(F)C1(C2CCCNC2)CC1. The van der Waals surface area contributed by atoms with Crippen LogP contribution in [0.5, 0.6) is 0 Å². The number of hydrogen-bond donors (Lipinski definition) is 1. The fraction of sp³-hybridized carbons (Fsp3) is 1.00. The lowest BCUT2D eigenvalue weighted by Crippen LogP contribution is -2.41. The van der Waals surface area contributed by atoms with Gasteiger partial charge in [0.1, 0.15) is 0 Å². The van der Waals surface area contributed by atoms with Crippen molar-refractivity contribution in [1.29, 1.82) is 0 Å². The molecule has 0 bridgehead atoms. The number of alkyl halides is 3. The van der Waals surface area contributed by atoms with Gasteiger partial charge in [0, 0.05) is 0 Å². The zero-order valence-electron chi connectivity index (χ0n) is 7.45. The van der Waals surface area contributed by atoms with Crippen molar-refractivity contribution in [2.24, 2.45) is 11.3 Å². The lowest BCUT2D eigenvalue weighted by Gasteiger charge is -2.32. The van der Waals surface area contributed by atoms with Crippen LogP contribution < -0.4 is 5.32 Å². The second-order valence-corrected chi connectivity index (χ2v) is 4.20. The van der Waals surface area contributed by atoms with Crippen molar-refractivity contribution in [2.45, 2.75) is 31.9 Å². The van der Waals surface area contributed by atoms with Gasteiger partial charge < -0.3 is 5.32 Å². The zero-order chi connectivity index (χ0) is 9.53. The molecule has 0 amide bonds. The van der Waals surface area contributed by atoms with Crippen molar-refractivity contribution >= 4 is 0 Å². The average molecular weight is 193 g/mol. The molecule has 1 atom stereocenters. The third kappa shape index (κ3) is 1.45. The number of nitrogens with one attached hydrogen (secondary N) is 1. The second-order valence-electron chi connectivity index (χ2n) is 4.20. The van der Waals surface area contributed by atoms with E-state index in [4.69, 9.17) is 0 Å². The molecule has 1 nitrogen and oxygen atoms in total. The number of rotatable bonds is 1. The molecule has 1 aliphatic carbocycles. The molecule has 0 radical (unpaired) electrons. The van der Waals surface area contributed by atoms with Crippen LogP contribution >= 0.6 is 0 Å². The molecule has 1 heterocycles. The number of piperidine rings is 1. The molecule has 2 fully saturated rings. The van der Waals surface area contributed by atoms with Crippen molar-refractivity contribution in [2.75, 3.05) is 13.1 Å². The molecule has 1 unspecified atom stereocenters. The summed E-state index contributed by atoms with van der Waals surface area (Å²) in [5, 5.41) is 3.05. The second kappa shape index (κ2) is 2.87. The first-order chi connectivity index (χ1) is 6.06. The molecule has 4 heteroatoms. The van der Waals surface area contributed by atoms with E-state index in [1.54, 1.807) is 0 Å². The van der Waals surface area contributed by atoms with Crippen LogP contribution in [0.4, 0.5) is 13.2 Å². The minimum Gasteiger partial charge on any atom is -0.316 e. The van der Waals surface area contributed by atoms with Crippen molar-refractivity contribution in [3.8, 4) is 0 Å². The minimum absolute atomic E-state index is 0.166. The smallest absolute Gasteiger partial charge is 0.316 e. The number of hydrogen-bond acceptors (Lipinski definition) is 1. The predicted molar refractivity (Wildman–Crippen MR) is 43.3 cm³/mol. The Labute approximate surface area is 75.7 Å². The Morgan fingerprint density at radius 2 is 1.92 bits per heavy atom. The topological polar surface area (TPSA) is 12.0 Å². The van der Waals surface area contributed by atoms with Crippen molar-refractivity contribution in [3.63, 3.8) is 0 Å². The van der Waals surface area contributed by atoms with Crippen LogP contribution in [0.15, 0.2) is 0 Å². The van der Waals surface area contributed by atoms with E-state index in [2.05, 4.69) is 5.32 Å². The van der Waals surface area contributed by atoms with Crippen LogP contribution in [-0.4, -0.2) is 19.3 Å². The Morgan fingerprint density at radius 1 is 1.23 bits per heavy atom. The molecule has 13 heavy (non-hydrogen) atoms. The van der Waals surface area contributed by atoms with Gasteiger partial charge in [0.15, 0.2) is 0 Å². The van der Waals surface area contributed by atoms with Gasteiger partial charge in [-0.25, -0.2) is 0 Å². The molecule has 2 rings (SSSR count). The molecule has 1 saturated heterocycles. The molecule has 2 aliphatic rings. The maximum absolute atomic E-state index is 12.7. The summed E-state index contributed by atoms with van der Waals surface area (Å²) in [6.07, 6.45) is -1.64. The van der Waals surface area contributed by atoms with Gasteiger partial charge in [-0.1, -0.05) is 0 Å². The largest absolute Gasteiger partial charge is 0.394 e. The van der Waals surface area contributed by atoms with Crippen LogP contribution in [0.3, 0.4) is 0 Å². The van der Waals surface area contributed by atoms with E-state index in [9.17, 15) is 13.2 Å². The zero-order valence-corrected chi connectivity index (χ0v) is 7.45. The lowest BCUT2D eigenvalue weighted by atomic mass is 9.83. The molecule has 0 aromatic carbocycles. The summed E-state index contributed by atoms with van der Waals surface area (Å²) in [5.74, 6) is -0.166. The average Bonchev–Trinajstić information content (AvgIpc) is 2.84. The Morgan fingerprint density at radius 3 is 2.31 bits per heavy atom. The van der Waals surface area contributed by atoms with Crippen molar-refractivity contribution in [3.05, 3.63) is 0 Å². The lowest BCUT2D eigenvalue weighted by molar-refractivity contribution is -0.204. The van der Waals surface area contributed by atoms with Crippen LogP contribution in [0, 0.1) is 11.3 Å². The van der Waals surface area contributed by atoms with Gasteiger partial charge in [-0.3, -0.25) is 0 Å². The highest BCUT2D eigenvalue weighted by atomic mass is 19.4. The van der Waals surface area contributed by atoms with E-state index >= 15 is 0 Å². The van der Waals surface area contributed by atoms with Crippen molar-refractivity contribution in [1.82, 2.24) is 5.32 Å². The standard InChI is InChI=1S/C9H14F3N/c10-9(11,12)8(3-4-8)7-2-1-5-13-6-7/h7,13H,1-6H2. The van der Waals surface area contributed by atoms with Crippen LogP contribution in [0.25, 0.3) is 0 Å². The van der Waals surface area contributed by atoms with E-state index in [1.165, 1.54) is 0 Å². The third-order valence-corrected chi connectivity index (χ3v) is 3.43. The van der Waals surface area contributed by atoms with Gasteiger partial charge >= 0.3 is 6.18 Å². The predicted octanol–water partition coefficient (Wildman–Crippen LogP) is 2.33. The summed E-state index contributed by atoms with van der Waals surface area (Å²) in [4.78, 5) is 0. The van der Waals surface area contributed by atoms with Gasteiger partial charge in [0.05, 0.1) is 5.41 Å². The highest BCUT2D eigenvalue weighted by Gasteiger charge is 2.66. The van der Waals surface area contributed by atoms with E-state index in [1.807, 2.05) is 0 Å². The molecule has 1 aliphatic heterocycles. The molecule has 1 N–H and O–H groups in total. The Kier molecular flexibility index (Phi) is 2.06. The highest BCUT2D eigenvalue weighted by molar-refractivity contribution is 5.04. The summed E-state index contributed by atoms with van der Waals surface area (Å²) < 4.78 is 38.0. The maximum Gasteiger partial charge on any atom is 0.394 e. The Bertz CT molecular complexity index is 190. The van der Waals surface area contributed by atoms with Gasteiger partial charge in [0.25, 0.3) is 0 Å². The first kappa shape index (κ1) is 9.31. The summed E-state index contributed by atoms with van der Waals surface area (Å²) in [7, 11) is 0. The highest BCUT2D eigenvalue weighted by Crippen LogP contribution is 2.63. The fourth-order valence-electron chi connectivity index (χ4n) is 2.38. The van der Waals surface area contributed by atoms with Crippen LogP contribution in [-0.2, 0) is 0 Å². The van der Waals surface area contributed by atoms with Gasteiger partial charge in [-0.2, -0.15) is 13.2 Å². The van der Waals surface area contributed by atoms with E-state index < -0.39 is 11.6 Å². The van der Waals surface area contributed by atoms with Crippen LogP contribution in [0.2, 0.25) is 0 Å². The van der Waals surface area contributed by atoms with E-state index in [0.29, 0.717) is 19.4 Å². The van der Waals surface area contributed by atoms with E-state index in [0.717, 1.165) is 19.4 Å². The molecular formula is C9H14F3N. The maximum atomic E-state index is 12.7. The van der Waals surface area contributed by atoms with Gasteiger partial charge in [0.2, 0.25) is 0 Å². The van der Waals surface area contributed by atoms with E-state index in [-0.39, 0.29) is 5.92 Å². The Hall–Kier alpha value is -0.250. The van der Waals surface area contributed by atoms with Crippen LogP contribution in [0.1, 0.15) is 25.7 Å². The molecular weight excluding hydrogens is 179 g/mol. The molecule has 1 saturated carbocycles. The normalized spacial score (nSPS) is 33.0. The molecule has 76 valence electrons. The Balaban J connectivity index is 2.06. The quantitative estimate of drug-likeness (QED) is 0.674. The third-order valence-electron chi connectivity index (χ3n) is 3.43. The first-order valence-corrected chi connectivity index (χ1v) is 4.84. The van der Waals surface area contributed by atoms with Gasteiger partial charge in [-0.15, -0.1) is 0 Å². The van der Waals surface area contributed by atoms with Gasteiger partial charge in [-0.05, 0) is 44.7 Å². The number of halogens is 3. The summed E-state index contributed by atoms with van der Waals surface area (Å²) in [5.41, 5.74) is -1.31. The monoisotopic (exact) mass is 193 g/mol. The fourth-order valence-corrected chi connectivity index (χ4v) is 2.38. The summed E-state index contributed by atoms with van der Waals surface area (Å²) in [6.45, 7) is 1.43. The summed E-state index contributed by atoms with van der Waals surface area (Å²) in [6, 6.07) is 0.